The van der Waals surface area contributed by atoms with E-state index >= 15 is 0 Å². The highest BCUT2D eigenvalue weighted by Crippen LogP contribution is 2.25. The first kappa shape index (κ1) is 7.07. The van der Waals surface area contributed by atoms with Crippen LogP contribution in [0.2, 0.25) is 0 Å². The van der Waals surface area contributed by atoms with Gasteiger partial charge in [0.25, 0.3) is 0 Å². The molecule has 1 aromatic rings. The molecule has 1 aromatic carbocycles. The van der Waals surface area contributed by atoms with Gasteiger partial charge >= 0.3 is 0 Å². The van der Waals surface area contributed by atoms with Crippen LogP contribution in [0.25, 0.3) is 5.57 Å². The van der Waals surface area contributed by atoms with Crippen LogP contribution in [0.3, 0.4) is 0 Å². The minimum Gasteiger partial charge on any atom is -0.248 e. The zero-order valence-electron chi connectivity index (χ0n) is 7.38. The summed E-state index contributed by atoms with van der Waals surface area (Å²) in [6.07, 6.45) is 5.87. The number of para-hydroxylation sites is 1. The summed E-state index contributed by atoms with van der Waals surface area (Å²) in [5.74, 6) is 0. The highest BCUT2D eigenvalue weighted by molar-refractivity contribution is 5.66. The van der Waals surface area contributed by atoms with Crippen molar-refractivity contribution in [2.75, 3.05) is 0 Å². The van der Waals surface area contributed by atoms with E-state index in [0.717, 1.165) is 5.36 Å². The first-order chi connectivity index (χ1) is 6.45. The van der Waals surface area contributed by atoms with Crippen molar-refractivity contribution in [2.24, 2.45) is 4.99 Å². The first-order valence-electron chi connectivity index (χ1n) is 4.74. The Labute approximate surface area is 77.1 Å². The molecule has 0 atom stereocenters. The Kier molecular flexibility index (Phi) is 1.39. The van der Waals surface area contributed by atoms with Gasteiger partial charge in [0.2, 0.25) is 0 Å². The van der Waals surface area contributed by atoms with Crippen LogP contribution in [-0.4, -0.2) is 0 Å². The van der Waals surface area contributed by atoms with Gasteiger partial charge in [-0.1, -0.05) is 24.3 Å². The lowest BCUT2D eigenvalue weighted by Crippen LogP contribution is -2.22. The Hall–Kier alpha value is -1.37. The fraction of sp³-hybridized carbons (Fsp3) is 0.250. The maximum absolute atomic E-state index is 4.54. The van der Waals surface area contributed by atoms with Crippen LogP contribution < -0.4 is 10.6 Å². The van der Waals surface area contributed by atoms with Gasteiger partial charge < -0.3 is 0 Å². The monoisotopic (exact) mass is 168 g/mol. The molecule has 0 saturated carbocycles. The van der Waals surface area contributed by atoms with Gasteiger partial charge in [-0.05, 0) is 24.8 Å². The standard InChI is InChI=1S/C12H10N/c1-3-7-11-9(5-1)10-6-2-4-8-12(10)13-11/h1,3,5,8H,2,4,6H2. The summed E-state index contributed by atoms with van der Waals surface area (Å²) < 4.78 is 0. The molecule has 13 heavy (non-hydrogen) atoms. The fourth-order valence-electron chi connectivity index (χ4n) is 2.04. The number of rotatable bonds is 0. The van der Waals surface area contributed by atoms with Crippen molar-refractivity contribution in [3.8, 4) is 0 Å². The molecule has 1 aliphatic heterocycles. The Morgan fingerprint density at radius 1 is 1.38 bits per heavy atom. The molecule has 1 heterocycles. The molecule has 2 aliphatic rings. The van der Waals surface area contributed by atoms with Gasteiger partial charge in [0, 0.05) is 11.3 Å². The van der Waals surface area contributed by atoms with E-state index in [1.165, 1.54) is 35.8 Å². The number of hydrogen-bond donors (Lipinski definition) is 0. The van der Waals surface area contributed by atoms with Gasteiger partial charge in [0.15, 0.2) is 0 Å². The molecule has 0 unspecified atom stereocenters. The number of nitrogens with zero attached hydrogens (tertiary/aromatic N) is 1. The quantitative estimate of drug-likeness (QED) is 0.554. The van der Waals surface area contributed by atoms with Gasteiger partial charge in [-0.3, -0.25) is 0 Å². The van der Waals surface area contributed by atoms with Crippen molar-refractivity contribution in [1.29, 1.82) is 0 Å². The van der Waals surface area contributed by atoms with Gasteiger partial charge in [0.1, 0.15) is 0 Å². The van der Waals surface area contributed by atoms with Crippen LogP contribution in [0.15, 0.2) is 35.0 Å². The third kappa shape index (κ3) is 0.966. The molecule has 1 radical (unpaired) electrons. The molecule has 1 aliphatic carbocycles. The third-order valence-corrected chi connectivity index (χ3v) is 2.67. The molecule has 0 amide bonds. The van der Waals surface area contributed by atoms with Crippen LogP contribution in [0, 0.1) is 6.07 Å². The van der Waals surface area contributed by atoms with Gasteiger partial charge in [-0.25, -0.2) is 4.99 Å². The minimum atomic E-state index is 1.03. The summed E-state index contributed by atoms with van der Waals surface area (Å²) in [7, 11) is 0. The molecular formula is C12H10N. The van der Waals surface area contributed by atoms with Crippen LogP contribution in [0.5, 0.6) is 0 Å². The van der Waals surface area contributed by atoms with Crippen molar-refractivity contribution in [1.82, 2.24) is 0 Å². The maximum atomic E-state index is 4.54. The molecule has 0 aromatic heterocycles. The van der Waals surface area contributed by atoms with E-state index in [1.807, 2.05) is 12.1 Å². The highest BCUT2D eigenvalue weighted by Gasteiger charge is 2.14. The van der Waals surface area contributed by atoms with Crippen molar-refractivity contribution in [2.45, 2.75) is 19.3 Å². The zero-order valence-corrected chi connectivity index (χ0v) is 7.38. The summed E-state index contributed by atoms with van der Waals surface area (Å²) in [6, 6.07) is 9.30. The van der Waals surface area contributed by atoms with Crippen molar-refractivity contribution in [3.63, 3.8) is 0 Å². The Bertz CT molecular complexity index is 494. The number of hydrogen-bond acceptors (Lipinski definition) is 1. The second-order valence-corrected chi connectivity index (χ2v) is 3.50. The van der Waals surface area contributed by atoms with Crippen LogP contribution in [0.4, 0.5) is 0 Å². The minimum absolute atomic E-state index is 1.03. The van der Waals surface area contributed by atoms with Crippen molar-refractivity contribution >= 4 is 5.57 Å². The third-order valence-electron chi connectivity index (χ3n) is 2.67. The number of fused-ring (bicyclic) bond motifs is 2. The zero-order chi connectivity index (χ0) is 8.67. The largest absolute Gasteiger partial charge is 0.248 e. The fourth-order valence-corrected chi connectivity index (χ4v) is 2.04. The van der Waals surface area contributed by atoms with Crippen LogP contribution in [-0.2, 0) is 0 Å². The molecule has 0 bridgehead atoms. The number of benzene rings is 1. The lowest BCUT2D eigenvalue weighted by Gasteiger charge is -2.08. The summed E-state index contributed by atoms with van der Waals surface area (Å²) in [5.41, 5.74) is 2.63. The second kappa shape index (κ2) is 2.56. The van der Waals surface area contributed by atoms with Crippen molar-refractivity contribution in [3.05, 3.63) is 46.6 Å². The van der Waals surface area contributed by atoms with E-state index in [1.54, 1.807) is 0 Å². The molecule has 1 nitrogen and oxygen atoms in total. The average Bonchev–Trinajstić information content (AvgIpc) is 2.56. The molecule has 3 rings (SSSR count). The maximum Gasteiger partial charge on any atom is 0.0791 e. The predicted molar refractivity (Wildman–Crippen MR) is 51.4 cm³/mol. The molecule has 1 heteroatoms. The van der Waals surface area contributed by atoms with Crippen molar-refractivity contribution < 1.29 is 0 Å². The van der Waals surface area contributed by atoms with E-state index in [9.17, 15) is 0 Å². The van der Waals surface area contributed by atoms with Gasteiger partial charge in [-0.2, -0.15) is 0 Å². The summed E-state index contributed by atoms with van der Waals surface area (Å²) in [6.45, 7) is 0. The summed E-state index contributed by atoms with van der Waals surface area (Å²) in [5, 5.41) is 2.33. The van der Waals surface area contributed by atoms with E-state index in [0.29, 0.717) is 0 Å². The van der Waals surface area contributed by atoms with E-state index in [-0.39, 0.29) is 0 Å². The Morgan fingerprint density at radius 3 is 3.38 bits per heavy atom. The van der Waals surface area contributed by atoms with E-state index in [4.69, 9.17) is 0 Å². The smallest absolute Gasteiger partial charge is 0.0791 e. The number of allylic oxidation sites excluding steroid dienone is 2. The molecule has 0 N–H and O–H groups in total. The average molecular weight is 168 g/mol. The SMILES string of the molecule is [c]1cccc2c1=NC1=CCCCC=21. The van der Waals surface area contributed by atoms with Gasteiger partial charge in [0.05, 0.1) is 11.1 Å². The predicted octanol–water partition coefficient (Wildman–Crippen LogP) is 1.34. The normalized spacial score (nSPS) is 18.8. The van der Waals surface area contributed by atoms with E-state index < -0.39 is 0 Å². The van der Waals surface area contributed by atoms with E-state index in [2.05, 4.69) is 23.2 Å². The summed E-state index contributed by atoms with van der Waals surface area (Å²) in [4.78, 5) is 4.54. The topological polar surface area (TPSA) is 12.4 Å². The first-order valence-corrected chi connectivity index (χ1v) is 4.74. The lowest BCUT2D eigenvalue weighted by atomic mass is 9.98. The lowest BCUT2D eigenvalue weighted by molar-refractivity contribution is 0.845. The summed E-state index contributed by atoms with van der Waals surface area (Å²) >= 11 is 0. The van der Waals surface area contributed by atoms with Gasteiger partial charge in [-0.15, -0.1) is 0 Å². The molecule has 0 spiro atoms. The Balaban J connectivity index is 2.43. The Morgan fingerprint density at radius 2 is 2.38 bits per heavy atom. The van der Waals surface area contributed by atoms with Crippen LogP contribution >= 0.6 is 0 Å². The molecule has 63 valence electrons. The molecule has 0 fully saturated rings. The highest BCUT2D eigenvalue weighted by atomic mass is 14.8. The van der Waals surface area contributed by atoms with Crippen LogP contribution in [0.1, 0.15) is 19.3 Å². The molecule has 0 saturated heterocycles. The second-order valence-electron chi connectivity index (χ2n) is 3.50. The molecular weight excluding hydrogens is 158 g/mol.